The van der Waals surface area contributed by atoms with Crippen molar-refractivity contribution in [1.29, 1.82) is 0 Å². The molecule has 120 valence electrons. The molecule has 0 aliphatic rings. The Kier molecular flexibility index (Phi) is 5.94. The molecular formula is C13H22N2O5S. The molecule has 1 aromatic heterocycles. The SMILES string of the molecule is COCCCN(C)S(=O)(=O)c1cc(C(=O)O)n(C(C)C)c1. The molecule has 0 saturated carbocycles. The zero-order valence-corrected chi connectivity index (χ0v) is 13.6. The summed E-state index contributed by atoms with van der Waals surface area (Å²) < 4.78 is 32.4. The van der Waals surface area contributed by atoms with E-state index in [1.165, 1.54) is 28.2 Å². The fourth-order valence-corrected chi connectivity index (χ4v) is 3.16. The molecule has 21 heavy (non-hydrogen) atoms. The molecule has 0 fully saturated rings. The lowest BCUT2D eigenvalue weighted by atomic mass is 10.3. The molecule has 0 saturated heterocycles. The van der Waals surface area contributed by atoms with Crippen molar-refractivity contribution in [3.63, 3.8) is 0 Å². The number of nitrogens with zero attached hydrogens (tertiary/aromatic N) is 2. The summed E-state index contributed by atoms with van der Waals surface area (Å²) in [6, 6.07) is 1.06. The minimum absolute atomic E-state index is 0.00600. The van der Waals surface area contributed by atoms with E-state index in [0.29, 0.717) is 19.6 Å². The fourth-order valence-electron chi connectivity index (χ4n) is 1.93. The molecule has 1 aromatic rings. The van der Waals surface area contributed by atoms with E-state index in [1.807, 2.05) is 0 Å². The molecule has 0 bridgehead atoms. The van der Waals surface area contributed by atoms with Gasteiger partial charge in [-0.25, -0.2) is 17.5 Å². The molecule has 1 rings (SSSR count). The van der Waals surface area contributed by atoms with Crippen molar-refractivity contribution >= 4 is 16.0 Å². The number of methoxy groups -OCH3 is 1. The van der Waals surface area contributed by atoms with Crippen LogP contribution in [0.25, 0.3) is 0 Å². The van der Waals surface area contributed by atoms with E-state index in [-0.39, 0.29) is 16.6 Å². The highest BCUT2D eigenvalue weighted by molar-refractivity contribution is 7.89. The van der Waals surface area contributed by atoms with Crippen molar-refractivity contribution in [2.24, 2.45) is 0 Å². The van der Waals surface area contributed by atoms with Gasteiger partial charge < -0.3 is 14.4 Å². The number of carboxylic acids is 1. The van der Waals surface area contributed by atoms with Crippen LogP contribution in [0.4, 0.5) is 0 Å². The van der Waals surface area contributed by atoms with Crippen molar-refractivity contribution in [2.45, 2.75) is 31.2 Å². The molecule has 1 heterocycles. The summed E-state index contributed by atoms with van der Waals surface area (Å²) in [5.41, 5.74) is -0.0335. The molecule has 8 heteroatoms. The first kappa shape index (κ1) is 17.7. The molecule has 7 nitrogen and oxygen atoms in total. The normalized spacial score (nSPS) is 12.3. The van der Waals surface area contributed by atoms with Gasteiger partial charge in [-0.2, -0.15) is 0 Å². The van der Waals surface area contributed by atoms with Crippen molar-refractivity contribution in [3.8, 4) is 0 Å². The molecule has 1 N–H and O–H groups in total. The first-order valence-corrected chi connectivity index (χ1v) is 8.06. The van der Waals surface area contributed by atoms with Crippen LogP contribution in [0, 0.1) is 0 Å². The van der Waals surface area contributed by atoms with Crippen molar-refractivity contribution in [1.82, 2.24) is 8.87 Å². The third kappa shape index (κ3) is 4.05. The van der Waals surface area contributed by atoms with Crippen LogP contribution in [-0.2, 0) is 14.8 Å². The van der Waals surface area contributed by atoms with E-state index < -0.39 is 16.0 Å². The van der Waals surface area contributed by atoms with Gasteiger partial charge in [-0.15, -0.1) is 0 Å². The Labute approximate surface area is 125 Å². The lowest BCUT2D eigenvalue weighted by Gasteiger charge is -2.16. The molecule has 0 atom stereocenters. The number of aromatic nitrogens is 1. The highest BCUT2D eigenvalue weighted by atomic mass is 32.2. The number of ether oxygens (including phenoxy) is 1. The lowest BCUT2D eigenvalue weighted by Crippen LogP contribution is -2.28. The average molecular weight is 318 g/mol. The number of carboxylic acid groups (broad SMARTS) is 1. The Bertz CT molecular complexity index is 592. The predicted molar refractivity (Wildman–Crippen MR) is 78.1 cm³/mol. The van der Waals surface area contributed by atoms with Crippen molar-refractivity contribution in [3.05, 3.63) is 18.0 Å². The second kappa shape index (κ2) is 7.06. The number of sulfonamides is 1. The minimum Gasteiger partial charge on any atom is -0.477 e. The average Bonchev–Trinajstić information content (AvgIpc) is 2.84. The number of carbonyl (C=O) groups is 1. The van der Waals surface area contributed by atoms with Gasteiger partial charge >= 0.3 is 5.97 Å². The Morgan fingerprint density at radius 1 is 1.48 bits per heavy atom. The first-order valence-electron chi connectivity index (χ1n) is 6.62. The Balaban J connectivity index is 3.08. The quantitative estimate of drug-likeness (QED) is 0.732. The molecule has 0 unspecified atom stereocenters. The van der Waals surface area contributed by atoms with Crippen LogP contribution in [0.1, 0.15) is 36.8 Å². The second-order valence-corrected chi connectivity index (χ2v) is 7.09. The van der Waals surface area contributed by atoms with E-state index >= 15 is 0 Å². The topological polar surface area (TPSA) is 88.8 Å². The number of hydrogen-bond acceptors (Lipinski definition) is 4. The van der Waals surface area contributed by atoms with E-state index in [2.05, 4.69) is 0 Å². The van der Waals surface area contributed by atoms with Crippen LogP contribution in [-0.4, -0.2) is 55.7 Å². The predicted octanol–water partition coefficient (Wildman–Crippen LogP) is 1.42. The highest BCUT2D eigenvalue weighted by Gasteiger charge is 2.25. The van der Waals surface area contributed by atoms with Crippen LogP contribution in [0.3, 0.4) is 0 Å². The molecule has 0 aromatic carbocycles. The Morgan fingerprint density at radius 3 is 2.52 bits per heavy atom. The summed E-state index contributed by atoms with van der Waals surface area (Å²) >= 11 is 0. The van der Waals surface area contributed by atoms with Crippen molar-refractivity contribution < 1.29 is 23.1 Å². The summed E-state index contributed by atoms with van der Waals surface area (Å²) in [7, 11) is -0.672. The fraction of sp³-hybridized carbons (Fsp3) is 0.615. The van der Waals surface area contributed by atoms with Gasteiger partial charge in [0.2, 0.25) is 10.0 Å². The third-order valence-electron chi connectivity index (χ3n) is 3.13. The maximum absolute atomic E-state index is 12.4. The number of hydrogen-bond donors (Lipinski definition) is 1. The summed E-state index contributed by atoms with van der Waals surface area (Å²) in [6.07, 6.45) is 1.94. The number of aromatic carboxylic acids is 1. The van der Waals surface area contributed by atoms with Crippen LogP contribution in [0.2, 0.25) is 0 Å². The second-order valence-electron chi connectivity index (χ2n) is 5.04. The maximum Gasteiger partial charge on any atom is 0.352 e. The summed E-state index contributed by atoms with van der Waals surface area (Å²) in [5, 5.41) is 9.16. The van der Waals surface area contributed by atoms with E-state index in [9.17, 15) is 13.2 Å². The van der Waals surface area contributed by atoms with Gasteiger partial charge in [0.1, 0.15) is 10.6 Å². The van der Waals surface area contributed by atoms with Gasteiger partial charge in [-0.1, -0.05) is 0 Å². The Morgan fingerprint density at radius 2 is 2.10 bits per heavy atom. The molecule has 0 amide bonds. The zero-order valence-electron chi connectivity index (χ0n) is 12.7. The third-order valence-corrected chi connectivity index (χ3v) is 4.95. The van der Waals surface area contributed by atoms with Crippen LogP contribution < -0.4 is 0 Å². The molecule has 0 spiro atoms. The summed E-state index contributed by atoms with van der Waals surface area (Å²) in [5.74, 6) is -1.15. The summed E-state index contributed by atoms with van der Waals surface area (Å²) in [6.45, 7) is 4.37. The standard InChI is InChI=1S/C13H22N2O5S/c1-10(2)15-9-11(8-12(15)13(16)17)21(18,19)14(3)6-5-7-20-4/h8-10H,5-7H2,1-4H3,(H,16,17). The van der Waals surface area contributed by atoms with Gasteiger partial charge in [0.05, 0.1) is 0 Å². The van der Waals surface area contributed by atoms with Crippen LogP contribution in [0.15, 0.2) is 17.2 Å². The van der Waals surface area contributed by atoms with E-state index in [4.69, 9.17) is 9.84 Å². The van der Waals surface area contributed by atoms with Crippen LogP contribution in [0.5, 0.6) is 0 Å². The van der Waals surface area contributed by atoms with Crippen molar-refractivity contribution in [2.75, 3.05) is 27.3 Å². The maximum atomic E-state index is 12.4. The Hall–Kier alpha value is -1.38. The summed E-state index contributed by atoms with van der Waals surface area (Å²) in [4.78, 5) is 11.2. The molecular weight excluding hydrogens is 296 g/mol. The van der Waals surface area contributed by atoms with Gasteiger partial charge in [-0.05, 0) is 26.3 Å². The number of rotatable bonds is 8. The lowest BCUT2D eigenvalue weighted by molar-refractivity contribution is 0.0683. The van der Waals surface area contributed by atoms with Gasteiger partial charge in [0, 0.05) is 39.5 Å². The monoisotopic (exact) mass is 318 g/mol. The minimum atomic E-state index is -3.69. The van der Waals surface area contributed by atoms with Gasteiger partial charge in [-0.3, -0.25) is 0 Å². The van der Waals surface area contributed by atoms with Gasteiger partial charge in [0.25, 0.3) is 0 Å². The molecule has 0 aliphatic heterocycles. The highest BCUT2D eigenvalue weighted by Crippen LogP contribution is 2.21. The van der Waals surface area contributed by atoms with E-state index in [1.54, 1.807) is 21.0 Å². The van der Waals surface area contributed by atoms with E-state index in [0.717, 1.165) is 0 Å². The largest absolute Gasteiger partial charge is 0.477 e. The van der Waals surface area contributed by atoms with Crippen LogP contribution >= 0.6 is 0 Å². The smallest absolute Gasteiger partial charge is 0.352 e. The molecule has 0 aliphatic carbocycles. The molecule has 0 radical (unpaired) electrons. The first-order chi connectivity index (χ1) is 9.71. The zero-order chi connectivity index (χ0) is 16.2. The van der Waals surface area contributed by atoms with Gasteiger partial charge in [0.15, 0.2) is 0 Å².